The van der Waals surface area contributed by atoms with E-state index in [1.165, 1.54) is 0 Å². The molecule has 0 aliphatic carbocycles. The normalized spacial score (nSPS) is 40.4. The fourth-order valence-electron chi connectivity index (χ4n) is 5.83. The van der Waals surface area contributed by atoms with Crippen LogP contribution in [0.15, 0.2) is 30.3 Å². The van der Waals surface area contributed by atoms with E-state index in [1.54, 1.807) is 30.3 Å². The van der Waals surface area contributed by atoms with Gasteiger partial charge in [0, 0.05) is 6.42 Å². The molecule has 21 nitrogen and oxygen atoms in total. The van der Waals surface area contributed by atoms with E-state index < -0.39 is 136 Å². The van der Waals surface area contributed by atoms with Crippen LogP contribution in [0.4, 0.5) is 4.79 Å². The zero-order chi connectivity index (χ0) is 36.9. The average molecular weight is 726 g/mol. The van der Waals surface area contributed by atoms with Crippen LogP contribution in [-0.4, -0.2) is 191 Å². The first kappa shape index (κ1) is 40.1. The Labute approximate surface area is 283 Å². The van der Waals surface area contributed by atoms with Crippen LogP contribution in [0.1, 0.15) is 12.0 Å². The zero-order valence-corrected chi connectivity index (χ0v) is 26.2. The molecule has 3 aliphatic heterocycles. The lowest BCUT2D eigenvalue weighted by Crippen LogP contribution is -2.71. The SMILES string of the molecule is O=C(N[C@H]1[C@H]([C@H](O)[C@H](O)CO)O[C@@](O[C@H]2[C@@H](O)[C@H](O[C@H]3[C@H](O)[C@@H](O)[C@H](O)O[C@@H]3CO)O[C@H](CO)[C@H]2O)(C(=O)O)C[C@@H]1O)OCc1ccccc1. The third-order valence-electron chi connectivity index (χ3n) is 8.59. The van der Waals surface area contributed by atoms with Crippen molar-refractivity contribution < 1.29 is 99.3 Å². The molecular formula is C29H43NO20. The molecule has 1 amide bonds. The number of carboxylic acids is 1. The maximum atomic E-state index is 12.8. The molecule has 50 heavy (non-hydrogen) atoms. The van der Waals surface area contributed by atoms with Gasteiger partial charge in [-0.1, -0.05) is 30.3 Å². The van der Waals surface area contributed by atoms with E-state index in [2.05, 4.69) is 5.32 Å². The van der Waals surface area contributed by atoms with Gasteiger partial charge in [-0.15, -0.1) is 0 Å². The molecule has 1 aromatic rings. The van der Waals surface area contributed by atoms with Crippen molar-refractivity contribution in [1.82, 2.24) is 5.32 Å². The first-order valence-electron chi connectivity index (χ1n) is 15.5. The Hall–Kier alpha value is -2.68. The average Bonchev–Trinajstić information content (AvgIpc) is 3.10. The summed E-state index contributed by atoms with van der Waals surface area (Å²) in [5, 5.41) is 126. The summed E-state index contributed by atoms with van der Waals surface area (Å²) in [6, 6.07) is 6.68. The molecular weight excluding hydrogens is 682 g/mol. The summed E-state index contributed by atoms with van der Waals surface area (Å²) in [6.07, 6.45) is -29.7. The first-order valence-corrected chi connectivity index (χ1v) is 15.5. The quantitative estimate of drug-likeness (QED) is 0.0899. The minimum atomic E-state index is -3.09. The smallest absolute Gasteiger partial charge is 0.407 e. The Morgan fingerprint density at radius 1 is 0.880 bits per heavy atom. The number of aliphatic carboxylic acids is 1. The molecule has 0 aromatic heterocycles. The summed E-state index contributed by atoms with van der Waals surface area (Å²) < 4.78 is 32.3. The fraction of sp³-hybridized carbons (Fsp3) is 0.724. The van der Waals surface area contributed by atoms with Crippen molar-refractivity contribution in [2.45, 2.75) is 111 Å². The minimum absolute atomic E-state index is 0.234. The maximum Gasteiger partial charge on any atom is 0.407 e. The Balaban J connectivity index is 1.59. The summed E-state index contributed by atoms with van der Waals surface area (Å²) in [7, 11) is 0. The largest absolute Gasteiger partial charge is 0.477 e. The third kappa shape index (κ3) is 8.67. The molecule has 1 aromatic carbocycles. The van der Waals surface area contributed by atoms with Gasteiger partial charge in [-0.3, -0.25) is 0 Å². The second-order valence-electron chi connectivity index (χ2n) is 12.0. The number of aliphatic hydroxyl groups excluding tert-OH is 11. The van der Waals surface area contributed by atoms with Crippen LogP contribution in [0.2, 0.25) is 0 Å². The van der Waals surface area contributed by atoms with Crippen molar-refractivity contribution in [1.29, 1.82) is 0 Å². The second kappa shape index (κ2) is 17.2. The summed E-state index contributed by atoms with van der Waals surface area (Å²) in [6.45, 7) is -3.20. The van der Waals surface area contributed by atoms with Gasteiger partial charge in [-0.05, 0) is 5.56 Å². The van der Waals surface area contributed by atoms with Gasteiger partial charge in [0.25, 0.3) is 5.79 Å². The van der Waals surface area contributed by atoms with Crippen molar-refractivity contribution in [2.24, 2.45) is 0 Å². The Bertz CT molecular complexity index is 1240. The van der Waals surface area contributed by atoms with Crippen molar-refractivity contribution in [3.63, 3.8) is 0 Å². The Morgan fingerprint density at radius 2 is 1.54 bits per heavy atom. The second-order valence-corrected chi connectivity index (χ2v) is 12.0. The predicted octanol–water partition coefficient (Wildman–Crippen LogP) is -6.43. The van der Waals surface area contributed by atoms with Crippen LogP contribution in [0, 0.1) is 0 Å². The van der Waals surface area contributed by atoms with E-state index in [9.17, 15) is 70.9 Å². The van der Waals surface area contributed by atoms with Gasteiger partial charge in [0.15, 0.2) is 12.6 Å². The third-order valence-corrected chi connectivity index (χ3v) is 8.59. The molecule has 21 heteroatoms. The minimum Gasteiger partial charge on any atom is -0.477 e. The van der Waals surface area contributed by atoms with Crippen molar-refractivity contribution in [2.75, 3.05) is 19.8 Å². The highest BCUT2D eigenvalue weighted by molar-refractivity contribution is 5.76. The maximum absolute atomic E-state index is 12.8. The number of carbonyl (C=O) groups excluding carboxylic acids is 1. The van der Waals surface area contributed by atoms with Crippen LogP contribution in [-0.2, 0) is 39.8 Å². The van der Waals surface area contributed by atoms with Crippen LogP contribution in [0.3, 0.4) is 0 Å². The number of alkyl carbamates (subject to hydrolysis) is 1. The number of hydrogen-bond acceptors (Lipinski definition) is 19. The molecule has 3 aliphatic rings. The van der Waals surface area contributed by atoms with Gasteiger partial charge in [-0.2, -0.15) is 0 Å². The van der Waals surface area contributed by atoms with E-state index in [-0.39, 0.29) is 6.61 Å². The Morgan fingerprint density at radius 3 is 2.14 bits per heavy atom. The van der Waals surface area contributed by atoms with E-state index in [0.29, 0.717) is 5.56 Å². The van der Waals surface area contributed by atoms with Gasteiger partial charge in [0.05, 0.1) is 32.0 Å². The monoisotopic (exact) mass is 725 g/mol. The molecule has 13 N–H and O–H groups in total. The van der Waals surface area contributed by atoms with E-state index in [4.69, 9.17) is 28.4 Å². The number of carbonyl (C=O) groups is 2. The number of hydrogen-bond donors (Lipinski definition) is 13. The lowest BCUT2D eigenvalue weighted by molar-refractivity contribution is -0.385. The molecule has 0 unspecified atom stereocenters. The lowest BCUT2D eigenvalue weighted by atomic mass is 9.88. The highest BCUT2D eigenvalue weighted by atomic mass is 16.8. The van der Waals surface area contributed by atoms with Crippen molar-refractivity contribution in [3.05, 3.63) is 35.9 Å². The molecule has 284 valence electrons. The summed E-state index contributed by atoms with van der Waals surface area (Å²) in [5.74, 6) is -5.10. The molecule has 3 saturated heterocycles. The van der Waals surface area contributed by atoms with E-state index in [0.717, 1.165) is 0 Å². The Kier molecular flexibility index (Phi) is 13.8. The summed E-state index contributed by atoms with van der Waals surface area (Å²) in [5.41, 5.74) is 0.580. The highest BCUT2D eigenvalue weighted by Crippen LogP contribution is 2.38. The van der Waals surface area contributed by atoms with Gasteiger partial charge >= 0.3 is 12.1 Å². The molecule has 16 atom stereocenters. The molecule has 3 fully saturated rings. The topological polar surface area (TPSA) is 344 Å². The van der Waals surface area contributed by atoms with Crippen LogP contribution >= 0.6 is 0 Å². The number of rotatable bonds is 13. The first-order chi connectivity index (χ1) is 23.7. The van der Waals surface area contributed by atoms with Gasteiger partial charge in [0.1, 0.15) is 73.8 Å². The summed E-state index contributed by atoms with van der Waals surface area (Å²) >= 11 is 0. The van der Waals surface area contributed by atoms with Gasteiger partial charge in [-0.25, -0.2) is 9.59 Å². The lowest BCUT2D eigenvalue weighted by Gasteiger charge is -2.50. The molecule has 0 saturated carbocycles. The summed E-state index contributed by atoms with van der Waals surface area (Å²) in [4.78, 5) is 25.5. The predicted molar refractivity (Wildman–Crippen MR) is 156 cm³/mol. The number of carboxylic acid groups (broad SMARTS) is 1. The number of nitrogens with one attached hydrogen (secondary N) is 1. The number of aliphatic hydroxyl groups is 11. The highest BCUT2D eigenvalue weighted by Gasteiger charge is 2.60. The number of amides is 1. The molecule has 3 heterocycles. The van der Waals surface area contributed by atoms with Crippen LogP contribution in [0.25, 0.3) is 0 Å². The van der Waals surface area contributed by atoms with Crippen molar-refractivity contribution >= 4 is 12.1 Å². The van der Waals surface area contributed by atoms with Crippen LogP contribution < -0.4 is 5.32 Å². The molecule has 4 rings (SSSR count). The van der Waals surface area contributed by atoms with E-state index >= 15 is 0 Å². The van der Waals surface area contributed by atoms with E-state index in [1.807, 2.05) is 0 Å². The number of benzene rings is 1. The molecule has 0 spiro atoms. The zero-order valence-electron chi connectivity index (χ0n) is 26.2. The standard InChI is InChI=1S/C29H43NO20/c31-7-13(35)17(36)23-16(30-28(44)45-10-11-4-2-1-3-5-11)12(34)6-29(49-23,27(42)43)50-24-18(37)14(8-32)47-26(21(24)40)48-22-15(9-33)46-25(41)20(39)19(22)38/h1-5,12-26,31-41H,6-10H2,(H,30,44)(H,42,43)/t12-,13+,14+,15+,16+,17+,18+,19+,20+,21+,22+,23+,24+,25+,26-,29-/m0/s1. The fourth-order valence-corrected chi connectivity index (χ4v) is 5.83. The van der Waals surface area contributed by atoms with Gasteiger partial charge in [0.2, 0.25) is 0 Å². The molecule has 0 bridgehead atoms. The number of ether oxygens (including phenoxy) is 6. The van der Waals surface area contributed by atoms with Crippen molar-refractivity contribution in [3.8, 4) is 0 Å². The molecule has 0 radical (unpaired) electrons. The van der Waals surface area contributed by atoms with Gasteiger partial charge < -0.3 is 95.0 Å². The van der Waals surface area contributed by atoms with Crippen LogP contribution in [0.5, 0.6) is 0 Å².